The van der Waals surface area contributed by atoms with E-state index in [1.807, 2.05) is 24.3 Å². The van der Waals surface area contributed by atoms with Gasteiger partial charge in [-0.3, -0.25) is 14.5 Å². The summed E-state index contributed by atoms with van der Waals surface area (Å²) in [5.41, 5.74) is 0.835. The number of hydrogen-bond acceptors (Lipinski definition) is 5. The van der Waals surface area contributed by atoms with E-state index in [1.54, 1.807) is 6.08 Å². The molecule has 1 heterocycles. The summed E-state index contributed by atoms with van der Waals surface area (Å²) in [6, 6.07) is 7.41. The molecule has 0 spiro atoms. The fourth-order valence-corrected chi connectivity index (χ4v) is 3.25. The Morgan fingerprint density at radius 2 is 2.04 bits per heavy atom. The molecule has 0 unspecified atom stereocenters. The first-order valence-electron chi connectivity index (χ1n) is 7.57. The van der Waals surface area contributed by atoms with E-state index < -0.39 is 12.5 Å². The first-order chi connectivity index (χ1) is 11.4. The van der Waals surface area contributed by atoms with Crippen molar-refractivity contribution >= 4 is 46.3 Å². The molecule has 0 atom stereocenters. The number of nitrogens with zero attached hydrogens (tertiary/aromatic N) is 1. The number of rotatable bonds is 7. The third-order valence-corrected chi connectivity index (χ3v) is 4.69. The van der Waals surface area contributed by atoms with Crippen molar-refractivity contribution in [1.82, 2.24) is 4.90 Å². The molecule has 0 radical (unpaired) electrons. The monoisotopic (exact) mass is 365 g/mol. The van der Waals surface area contributed by atoms with Gasteiger partial charge >= 0.3 is 5.97 Å². The number of amides is 1. The van der Waals surface area contributed by atoms with Crippen LogP contribution in [0.4, 0.5) is 0 Å². The van der Waals surface area contributed by atoms with Crippen LogP contribution in [-0.2, 0) is 9.59 Å². The first-order valence-corrected chi connectivity index (χ1v) is 8.79. The van der Waals surface area contributed by atoms with Crippen molar-refractivity contribution in [3.05, 3.63) is 34.7 Å². The molecule has 5 nitrogen and oxygen atoms in total. The van der Waals surface area contributed by atoms with E-state index in [4.69, 9.17) is 22.1 Å². The normalized spacial score (nSPS) is 16.3. The van der Waals surface area contributed by atoms with Crippen molar-refractivity contribution in [2.75, 3.05) is 13.2 Å². The molecule has 0 aliphatic carbocycles. The lowest BCUT2D eigenvalue weighted by Crippen LogP contribution is -2.33. The van der Waals surface area contributed by atoms with Crippen LogP contribution in [0.1, 0.15) is 25.8 Å². The van der Waals surface area contributed by atoms with E-state index in [0.717, 1.165) is 34.4 Å². The minimum atomic E-state index is -1.09. The van der Waals surface area contributed by atoms with Gasteiger partial charge in [0.1, 0.15) is 16.6 Å². The average molecular weight is 365 g/mol. The smallest absolute Gasteiger partial charge is 0.323 e. The van der Waals surface area contributed by atoms with Crippen LogP contribution in [0.2, 0.25) is 0 Å². The number of hydrogen-bond donors (Lipinski definition) is 1. The Hall–Kier alpha value is -1.86. The van der Waals surface area contributed by atoms with Crippen LogP contribution < -0.4 is 4.74 Å². The van der Waals surface area contributed by atoms with Gasteiger partial charge in [0.05, 0.1) is 11.5 Å². The van der Waals surface area contributed by atoms with E-state index in [2.05, 4.69) is 13.8 Å². The highest BCUT2D eigenvalue weighted by Gasteiger charge is 2.33. The van der Waals surface area contributed by atoms with Gasteiger partial charge in [-0.25, -0.2) is 0 Å². The van der Waals surface area contributed by atoms with Crippen molar-refractivity contribution < 1.29 is 19.4 Å². The summed E-state index contributed by atoms with van der Waals surface area (Å²) in [5.74, 6) is -0.0802. The molecule has 24 heavy (non-hydrogen) atoms. The first kappa shape index (κ1) is 18.5. The third kappa shape index (κ3) is 5.07. The molecule has 2 rings (SSSR count). The lowest BCUT2D eigenvalue weighted by Gasteiger charge is -2.10. The van der Waals surface area contributed by atoms with Crippen LogP contribution in [0.5, 0.6) is 5.75 Å². The minimum Gasteiger partial charge on any atom is -0.494 e. The van der Waals surface area contributed by atoms with Crippen molar-refractivity contribution in [3.8, 4) is 5.75 Å². The van der Waals surface area contributed by atoms with Crippen LogP contribution in [0.3, 0.4) is 0 Å². The SMILES string of the molecule is CC(C)CCOc1ccc(/C=C2/SC(=S)N(CC(=O)O)C2=O)cc1. The van der Waals surface area contributed by atoms with Crippen LogP contribution in [0, 0.1) is 5.92 Å². The summed E-state index contributed by atoms with van der Waals surface area (Å²) < 4.78 is 5.92. The van der Waals surface area contributed by atoms with Gasteiger partial charge in [-0.2, -0.15) is 0 Å². The Balaban J connectivity index is 2.02. The van der Waals surface area contributed by atoms with Gasteiger partial charge in [0.25, 0.3) is 5.91 Å². The van der Waals surface area contributed by atoms with Crippen LogP contribution >= 0.6 is 24.0 Å². The highest BCUT2D eigenvalue weighted by Crippen LogP contribution is 2.32. The van der Waals surface area contributed by atoms with Gasteiger partial charge in [0, 0.05) is 0 Å². The fourth-order valence-electron chi connectivity index (χ4n) is 2.00. The summed E-state index contributed by atoms with van der Waals surface area (Å²) in [5, 5.41) is 8.82. The summed E-state index contributed by atoms with van der Waals surface area (Å²) in [7, 11) is 0. The fraction of sp³-hybridized carbons (Fsp3) is 0.353. The number of thiocarbonyl (C=S) groups is 1. The lowest BCUT2D eigenvalue weighted by molar-refractivity contribution is -0.140. The second kappa shape index (κ2) is 8.30. The summed E-state index contributed by atoms with van der Waals surface area (Å²) in [4.78, 5) is 24.5. The van der Waals surface area contributed by atoms with Crippen LogP contribution in [0.15, 0.2) is 29.2 Å². The molecule has 128 valence electrons. The Kier molecular flexibility index (Phi) is 6.39. The van der Waals surface area contributed by atoms with Crippen LogP contribution in [0.25, 0.3) is 6.08 Å². The molecular formula is C17H19NO4S2. The van der Waals surface area contributed by atoms with Crippen molar-refractivity contribution in [1.29, 1.82) is 0 Å². The van der Waals surface area contributed by atoms with E-state index in [9.17, 15) is 9.59 Å². The molecule has 0 aromatic heterocycles. The predicted octanol–water partition coefficient (Wildman–Crippen LogP) is 3.40. The molecule has 1 aromatic carbocycles. The average Bonchev–Trinajstić information content (AvgIpc) is 2.76. The lowest BCUT2D eigenvalue weighted by atomic mass is 10.1. The number of carboxylic acids is 1. The third-order valence-electron chi connectivity index (χ3n) is 3.31. The Bertz CT molecular complexity index is 668. The maximum absolute atomic E-state index is 12.2. The van der Waals surface area contributed by atoms with Crippen molar-refractivity contribution in [2.45, 2.75) is 20.3 Å². The molecule has 0 bridgehead atoms. The number of benzene rings is 1. The molecule has 1 amide bonds. The maximum atomic E-state index is 12.2. The molecule has 1 aliphatic rings. The number of thioether (sulfide) groups is 1. The number of carbonyl (C=O) groups excluding carboxylic acids is 1. The number of aliphatic carboxylic acids is 1. The van der Waals surface area contributed by atoms with Crippen molar-refractivity contribution in [2.24, 2.45) is 5.92 Å². The summed E-state index contributed by atoms with van der Waals surface area (Å²) in [6.45, 7) is 4.55. The zero-order valence-corrected chi connectivity index (χ0v) is 15.2. The second-order valence-electron chi connectivity index (χ2n) is 5.76. The summed E-state index contributed by atoms with van der Waals surface area (Å²) >= 11 is 6.18. The highest BCUT2D eigenvalue weighted by molar-refractivity contribution is 8.26. The zero-order chi connectivity index (χ0) is 17.7. The van der Waals surface area contributed by atoms with Crippen LogP contribution in [-0.4, -0.2) is 39.4 Å². The Morgan fingerprint density at radius 3 is 2.62 bits per heavy atom. The largest absolute Gasteiger partial charge is 0.494 e. The van der Waals surface area contributed by atoms with Gasteiger partial charge in [-0.05, 0) is 36.1 Å². The van der Waals surface area contributed by atoms with E-state index in [0.29, 0.717) is 17.4 Å². The molecule has 1 aliphatic heterocycles. The molecule has 1 fully saturated rings. The number of carbonyl (C=O) groups is 2. The molecule has 1 saturated heterocycles. The van der Waals surface area contributed by atoms with Gasteiger partial charge in [-0.1, -0.05) is 50.0 Å². The standard InChI is InChI=1S/C17H19NO4S2/c1-11(2)7-8-22-13-5-3-12(4-6-13)9-14-16(21)18(10-15(19)20)17(23)24-14/h3-6,9,11H,7-8,10H2,1-2H3,(H,19,20)/b14-9+. The van der Waals surface area contributed by atoms with Crippen molar-refractivity contribution in [3.63, 3.8) is 0 Å². The molecule has 1 aromatic rings. The zero-order valence-electron chi connectivity index (χ0n) is 13.5. The van der Waals surface area contributed by atoms with Gasteiger partial charge in [-0.15, -0.1) is 0 Å². The van der Waals surface area contributed by atoms with E-state index in [-0.39, 0.29) is 10.2 Å². The van der Waals surface area contributed by atoms with Gasteiger partial charge in [0.15, 0.2) is 0 Å². The van der Waals surface area contributed by atoms with Gasteiger partial charge in [0.2, 0.25) is 0 Å². The van der Waals surface area contributed by atoms with Gasteiger partial charge < -0.3 is 9.84 Å². The number of carboxylic acid groups (broad SMARTS) is 1. The molecule has 7 heteroatoms. The highest BCUT2D eigenvalue weighted by atomic mass is 32.2. The number of ether oxygens (including phenoxy) is 1. The molecule has 0 saturated carbocycles. The summed E-state index contributed by atoms with van der Waals surface area (Å²) in [6.07, 6.45) is 2.70. The second-order valence-corrected chi connectivity index (χ2v) is 7.44. The Morgan fingerprint density at radius 1 is 1.38 bits per heavy atom. The topological polar surface area (TPSA) is 66.8 Å². The van der Waals surface area contributed by atoms with E-state index >= 15 is 0 Å². The Labute approximate surface area is 150 Å². The molecular weight excluding hydrogens is 346 g/mol. The molecule has 1 N–H and O–H groups in total. The quantitative estimate of drug-likeness (QED) is 0.590. The maximum Gasteiger partial charge on any atom is 0.323 e. The van der Waals surface area contributed by atoms with E-state index in [1.165, 1.54) is 0 Å². The predicted molar refractivity (Wildman–Crippen MR) is 98.9 cm³/mol. The minimum absolute atomic E-state index is 0.266.